The molecule has 0 atom stereocenters. The third kappa shape index (κ3) is 3.46. The number of amides is 2. The summed E-state index contributed by atoms with van der Waals surface area (Å²) >= 11 is 0. The van der Waals surface area contributed by atoms with Gasteiger partial charge in [0, 0.05) is 25.2 Å². The lowest BCUT2D eigenvalue weighted by molar-refractivity contribution is -0.384. The molecule has 7 heteroatoms. The molecule has 5 rings (SSSR count). The SMILES string of the molecule is Cc1cccc(N2C(=O)C(c3ccc([N+](=O)[O-])cc3)=C(N3CCc4ccccc4C3)C2=O)c1C. The minimum Gasteiger partial charge on any atom is -0.362 e. The molecule has 7 nitrogen and oxygen atoms in total. The zero-order chi connectivity index (χ0) is 24.0. The van der Waals surface area contributed by atoms with E-state index in [0.717, 1.165) is 23.1 Å². The number of non-ortho nitro benzene ring substituents is 1. The molecule has 2 aliphatic rings. The van der Waals surface area contributed by atoms with Crippen LogP contribution in [0, 0.1) is 24.0 Å². The second-order valence-electron chi connectivity index (χ2n) is 8.63. The Labute approximate surface area is 197 Å². The Morgan fingerprint density at radius 1 is 0.853 bits per heavy atom. The number of carbonyl (C=O) groups excluding carboxylic acids is 2. The van der Waals surface area contributed by atoms with Crippen molar-refractivity contribution in [1.82, 2.24) is 4.90 Å². The van der Waals surface area contributed by atoms with Gasteiger partial charge in [-0.25, -0.2) is 4.90 Å². The molecule has 34 heavy (non-hydrogen) atoms. The van der Waals surface area contributed by atoms with E-state index in [9.17, 15) is 19.7 Å². The monoisotopic (exact) mass is 453 g/mol. The van der Waals surface area contributed by atoms with Crippen LogP contribution in [0.1, 0.15) is 27.8 Å². The van der Waals surface area contributed by atoms with Crippen LogP contribution in [0.15, 0.2) is 72.4 Å². The highest BCUT2D eigenvalue weighted by Gasteiger charge is 2.43. The van der Waals surface area contributed by atoms with Gasteiger partial charge in [0.2, 0.25) is 0 Å². The van der Waals surface area contributed by atoms with E-state index < -0.39 is 10.8 Å². The van der Waals surface area contributed by atoms with Crippen molar-refractivity contribution >= 4 is 28.8 Å². The van der Waals surface area contributed by atoms with E-state index in [-0.39, 0.29) is 17.2 Å². The van der Waals surface area contributed by atoms with Crippen molar-refractivity contribution in [2.45, 2.75) is 26.8 Å². The number of nitro benzene ring substituents is 1. The van der Waals surface area contributed by atoms with Crippen LogP contribution in [-0.4, -0.2) is 28.2 Å². The van der Waals surface area contributed by atoms with Crippen LogP contribution < -0.4 is 4.90 Å². The largest absolute Gasteiger partial charge is 0.362 e. The first kappa shape index (κ1) is 21.6. The smallest absolute Gasteiger partial charge is 0.282 e. The zero-order valence-corrected chi connectivity index (χ0v) is 18.9. The summed E-state index contributed by atoms with van der Waals surface area (Å²) in [5, 5.41) is 11.1. The summed E-state index contributed by atoms with van der Waals surface area (Å²) in [7, 11) is 0. The maximum absolute atomic E-state index is 13.8. The molecule has 0 bridgehead atoms. The number of nitrogens with zero attached hydrogens (tertiary/aromatic N) is 3. The Bertz CT molecular complexity index is 1370. The van der Waals surface area contributed by atoms with Gasteiger partial charge in [-0.3, -0.25) is 19.7 Å². The van der Waals surface area contributed by atoms with Crippen molar-refractivity contribution in [3.63, 3.8) is 0 Å². The summed E-state index contributed by atoms with van der Waals surface area (Å²) in [6.45, 7) is 4.95. The Balaban J connectivity index is 1.64. The number of imide groups is 1. The maximum Gasteiger partial charge on any atom is 0.282 e. The molecule has 0 spiro atoms. The molecule has 3 aromatic rings. The average Bonchev–Trinajstić information content (AvgIpc) is 3.10. The van der Waals surface area contributed by atoms with Gasteiger partial charge in [-0.15, -0.1) is 0 Å². The number of hydrogen-bond donors (Lipinski definition) is 0. The highest BCUT2D eigenvalue weighted by Crippen LogP contribution is 2.38. The van der Waals surface area contributed by atoms with Crippen molar-refractivity contribution in [2.24, 2.45) is 0 Å². The highest BCUT2D eigenvalue weighted by atomic mass is 16.6. The lowest BCUT2D eigenvalue weighted by Gasteiger charge is -2.31. The van der Waals surface area contributed by atoms with Crippen LogP contribution >= 0.6 is 0 Å². The van der Waals surface area contributed by atoms with Crippen molar-refractivity contribution in [2.75, 3.05) is 11.4 Å². The van der Waals surface area contributed by atoms with Crippen LogP contribution in [0.2, 0.25) is 0 Å². The van der Waals surface area contributed by atoms with Crippen LogP contribution in [0.25, 0.3) is 5.57 Å². The molecule has 0 saturated heterocycles. The summed E-state index contributed by atoms with van der Waals surface area (Å²) < 4.78 is 0. The number of carbonyl (C=O) groups is 2. The van der Waals surface area contributed by atoms with Crippen molar-refractivity contribution in [1.29, 1.82) is 0 Å². The molecule has 2 heterocycles. The quantitative estimate of drug-likeness (QED) is 0.329. The molecule has 0 aliphatic carbocycles. The predicted molar refractivity (Wildman–Crippen MR) is 129 cm³/mol. The number of fused-ring (bicyclic) bond motifs is 1. The summed E-state index contributed by atoms with van der Waals surface area (Å²) in [6, 6.07) is 19.5. The molecule has 2 aliphatic heterocycles. The molecule has 0 saturated carbocycles. The third-order valence-electron chi connectivity index (χ3n) is 6.69. The van der Waals surface area contributed by atoms with Crippen molar-refractivity contribution in [3.8, 4) is 0 Å². The van der Waals surface area contributed by atoms with Gasteiger partial charge in [-0.2, -0.15) is 0 Å². The molecule has 0 radical (unpaired) electrons. The maximum atomic E-state index is 13.8. The summed E-state index contributed by atoms with van der Waals surface area (Å²) in [5.74, 6) is -0.784. The minimum absolute atomic E-state index is 0.0686. The second-order valence-corrected chi connectivity index (χ2v) is 8.63. The fourth-order valence-electron chi connectivity index (χ4n) is 4.70. The zero-order valence-electron chi connectivity index (χ0n) is 18.9. The van der Waals surface area contributed by atoms with E-state index in [4.69, 9.17) is 0 Å². The van der Waals surface area contributed by atoms with Gasteiger partial charge in [-0.05, 0) is 66.3 Å². The van der Waals surface area contributed by atoms with Crippen LogP contribution in [-0.2, 0) is 22.6 Å². The second kappa shape index (κ2) is 8.26. The first-order valence-electron chi connectivity index (χ1n) is 11.1. The predicted octanol–water partition coefficient (Wildman–Crippen LogP) is 4.55. The van der Waals surface area contributed by atoms with Gasteiger partial charge < -0.3 is 4.90 Å². The van der Waals surface area contributed by atoms with Gasteiger partial charge in [0.25, 0.3) is 17.5 Å². The third-order valence-corrected chi connectivity index (χ3v) is 6.69. The topological polar surface area (TPSA) is 83.8 Å². The van der Waals surface area contributed by atoms with Crippen molar-refractivity contribution < 1.29 is 14.5 Å². The number of benzene rings is 3. The standard InChI is InChI=1S/C27H23N3O4/c1-17-6-5-9-23(18(17)2)29-26(31)24(20-10-12-22(13-11-20)30(33)34)25(27(29)32)28-15-14-19-7-3-4-8-21(19)16-28/h3-13H,14-16H2,1-2H3. The van der Waals surface area contributed by atoms with Crippen LogP contribution in [0.5, 0.6) is 0 Å². The summed E-state index contributed by atoms with van der Waals surface area (Å²) in [6.07, 6.45) is 0.762. The number of aryl methyl sites for hydroxylation is 1. The Morgan fingerprint density at radius 3 is 2.26 bits per heavy atom. The van der Waals surface area contributed by atoms with E-state index in [1.165, 1.54) is 22.6 Å². The van der Waals surface area contributed by atoms with Crippen LogP contribution in [0.3, 0.4) is 0 Å². The molecule has 0 N–H and O–H groups in total. The van der Waals surface area contributed by atoms with E-state index in [0.29, 0.717) is 30.0 Å². The first-order chi connectivity index (χ1) is 16.4. The number of nitro groups is 1. The summed E-state index contributed by atoms with van der Waals surface area (Å²) in [5.41, 5.74) is 5.80. The van der Waals surface area contributed by atoms with Gasteiger partial charge in [0.1, 0.15) is 5.70 Å². The summed E-state index contributed by atoms with van der Waals surface area (Å²) in [4.78, 5) is 41.5. The van der Waals surface area contributed by atoms with E-state index in [2.05, 4.69) is 6.07 Å². The molecular formula is C27H23N3O4. The molecule has 170 valence electrons. The Hall–Kier alpha value is -4.26. The van der Waals surface area contributed by atoms with Gasteiger partial charge in [-0.1, -0.05) is 36.4 Å². The lowest BCUT2D eigenvalue weighted by atomic mass is 9.98. The highest BCUT2D eigenvalue weighted by molar-refractivity contribution is 6.45. The molecular weight excluding hydrogens is 430 g/mol. The first-order valence-corrected chi connectivity index (χ1v) is 11.1. The normalized spacial score (nSPS) is 15.7. The molecule has 0 aromatic heterocycles. The van der Waals surface area contributed by atoms with Gasteiger partial charge in [0.15, 0.2) is 0 Å². The molecule has 2 amide bonds. The average molecular weight is 453 g/mol. The Morgan fingerprint density at radius 2 is 1.56 bits per heavy atom. The fourth-order valence-corrected chi connectivity index (χ4v) is 4.70. The number of anilines is 1. The van der Waals surface area contributed by atoms with E-state index in [1.807, 2.05) is 49.1 Å². The minimum atomic E-state index is -0.481. The van der Waals surface area contributed by atoms with Crippen LogP contribution in [0.4, 0.5) is 11.4 Å². The lowest BCUT2D eigenvalue weighted by Crippen LogP contribution is -2.37. The molecule has 0 unspecified atom stereocenters. The molecule has 0 fully saturated rings. The Kier molecular flexibility index (Phi) is 5.24. The van der Waals surface area contributed by atoms with E-state index >= 15 is 0 Å². The van der Waals surface area contributed by atoms with Gasteiger partial charge in [0.05, 0.1) is 16.2 Å². The van der Waals surface area contributed by atoms with Gasteiger partial charge >= 0.3 is 0 Å². The fraction of sp³-hybridized carbons (Fsp3) is 0.185. The molecule has 3 aromatic carbocycles. The van der Waals surface area contributed by atoms with Crippen molar-refractivity contribution in [3.05, 3.63) is 110 Å². The van der Waals surface area contributed by atoms with E-state index in [1.54, 1.807) is 18.2 Å². The number of rotatable bonds is 4. The number of hydrogen-bond acceptors (Lipinski definition) is 5.